The lowest BCUT2D eigenvalue weighted by molar-refractivity contribution is 0.0529. The van der Waals surface area contributed by atoms with Gasteiger partial charge >= 0.3 is 5.97 Å². The average Bonchev–Trinajstić information content (AvgIpc) is 2.62. The largest absolute Gasteiger partial charge is 0.462 e. The molecule has 0 amide bonds. The molecule has 6 heteroatoms. The van der Waals surface area contributed by atoms with Crippen LogP contribution in [0.2, 0.25) is 0 Å². The second-order valence-corrected chi connectivity index (χ2v) is 4.97. The van der Waals surface area contributed by atoms with Crippen molar-refractivity contribution in [3.8, 4) is 0 Å². The third-order valence-electron chi connectivity index (χ3n) is 1.66. The van der Waals surface area contributed by atoms with Crippen LogP contribution in [0.25, 0.3) is 4.83 Å². The number of carbonyl (C=O) groups excluding carboxylic acids is 1. The number of ether oxygens (including phenoxy) is 1. The molecular weight excluding hydrogens is 268 g/mol. The highest BCUT2D eigenvalue weighted by Gasteiger charge is 2.15. The van der Waals surface area contributed by atoms with Crippen LogP contribution in [-0.2, 0) is 4.74 Å². The summed E-state index contributed by atoms with van der Waals surface area (Å²) in [5.41, 5.74) is 0.516. The summed E-state index contributed by atoms with van der Waals surface area (Å²) < 4.78 is 7.49. The predicted octanol–water partition coefficient (Wildman–Crippen LogP) is 2.34. The number of halogens is 1. The lowest BCUT2D eigenvalue weighted by Crippen LogP contribution is -2.03. The molecule has 0 radical (unpaired) electrons. The van der Waals surface area contributed by atoms with E-state index in [-0.39, 0.29) is 5.97 Å². The van der Waals surface area contributed by atoms with E-state index >= 15 is 0 Å². The van der Waals surface area contributed by atoms with Crippen LogP contribution in [0.15, 0.2) is 16.2 Å². The maximum atomic E-state index is 11.4. The van der Waals surface area contributed by atoms with Crippen molar-refractivity contribution in [2.24, 2.45) is 0 Å². The number of aromatic nitrogens is 2. The second-order valence-electron chi connectivity index (χ2n) is 2.56. The zero-order valence-corrected chi connectivity index (χ0v) is 9.76. The Labute approximate surface area is 92.6 Å². The Bertz CT molecular complexity index is 477. The Kier molecular flexibility index (Phi) is 2.56. The van der Waals surface area contributed by atoms with Gasteiger partial charge in [0.15, 0.2) is 0 Å². The molecule has 0 spiro atoms. The van der Waals surface area contributed by atoms with Crippen LogP contribution in [-0.4, -0.2) is 22.2 Å². The number of fused-ring (bicyclic) bond motifs is 1. The summed E-state index contributed by atoms with van der Waals surface area (Å²) in [6.07, 6.45) is 3.33. The third kappa shape index (κ3) is 1.55. The minimum Gasteiger partial charge on any atom is -0.462 e. The highest BCUT2D eigenvalue weighted by Crippen LogP contribution is 2.25. The van der Waals surface area contributed by atoms with Gasteiger partial charge in [0.2, 0.25) is 0 Å². The van der Waals surface area contributed by atoms with Gasteiger partial charge in [-0.15, -0.1) is 11.3 Å². The molecule has 2 heterocycles. The zero-order valence-electron chi connectivity index (χ0n) is 7.36. The number of hydrogen-bond acceptors (Lipinski definition) is 4. The molecule has 14 heavy (non-hydrogen) atoms. The monoisotopic (exact) mass is 274 g/mol. The van der Waals surface area contributed by atoms with Crippen LogP contribution in [0.5, 0.6) is 0 Å². The Morgan fingerprint density at radius 1 is 1.79 bits per heavy atom. The van der Waals surface area contributed by atoms with Gasteiger partial charge in [0.1, 0.15) is 10.4 Å². The molecule has 0 bridgehead atoms. The number of thiazole rings is 1. The van der Waals surface area contributed by atoms with Gasteiger partial charge in [-0.2, -0.15) is 5.10 Å². The van der Waals surface area contributed by atoms with Gasteiger partial charge in [-0.3, -0.25) is 0 Å². The van der Waals surface area contributed by atoms with Gasteiger partial charge < -0.3 is 4.74 Å². The molecule has 0 saturated carbocycles. The van der Waals surface area contributed by atoms with Crippen molar-refractivity contribution in [1.29, 1.82) is 0 Å². The Morgan fingerprint density at radius 2 is 2.57 bits per heavy atom. The van der Waals surface area contributed by atoms with E-state index in [0.29, 0.717) is 12.2 Å². The summed E-state index contributed by atoms with van der Waals surface area (Å²) in [5.74, 6) is -0.322. The normalized spacial score (nSPS) is 10.7. The van der Waals surface area contributed by atoms with E-state index in [1.807, 2.05) is 6.20 Å². The summed E-state index contributed by atoms with van der Waals surface area (Å²) in [6.45, 7) is 2.16. The molecule has 4 nitrogen and oxygen atoms in total. The van der Waals surface area contributed by atoms with Crippen molar-refractivity contribution in [1.82, 2.24) is 9.61 Å². The van der Waals surface area contributed by atoms with Crippen LogP contribution < -0.4 is 0 Å². The Morgan fingerprint density at radius 3 is 3.29 bits per heavy atom. The molecule has 0 saturated heterocycles. The quantitative estimate of drug-likeness (QED) is 0.790. The molecule has 0 aliphatic heterocycles. The first-order chi connectivity index (χ1) is 6.72. The maximum Gasteiger partial charge on any atom is 0.342 e. The molecule has 2 aromatic rings. The highest BCUT2D eigenvalue weighted by atomic mass is 79.9. The van der Waals surface area contributed by atoms with Crippen LogP contribution in [0.1, 0.15) is 17.3 Å². The van der Waals surface area contributed by atoms with Crippen LogP contribution in [0, 0.1) is 0 Å². The molecule has 2 rings (SSSR count). The summed E-state index contributed by atoms with van der Waals surface area (Å²) >= 11 is 4.79. The molecule has 2 aromatic heterocycles. The van der Waals surface area contributed by atoms with Gasteiger partial charge in [0, 0.05) is 0 Å². The van der Waals surface area contributed by atoms with E-state index in [4.69, 9.17) is 4.74 Å². The lowest BCUT2D eigenvalue weighted by Gasteiger charge is -1.96. The van der Waals surface area contributed by atoms with Crippen molar-refractivity contribution >= 4 is 38.1 Å². The number of esters is 1. The zero-order chi connectivity index (χ0) is 10.1. The first-order valence-electron chi connectivity index (χ1n) is 4.02. The van der Waals surface area contributed by atoms with E-state index in [1.54, 1.807) is 11.4 Å². The van der Waals surface area contributed by atoms with Crippen molar-refractivity contribution in [3.63, 3.8) is 0 Å². The van der Waals surface area contributed by atoms with Crippen molar-refractivity contribution < 1.29 is 9.53 Å². The summed E-state index contributed by atoms with van der Waals surface area (Å²) in [4.78, 5) is 12.2. The molecule has 0 atom stereocenters. The van der Waals surface area contributed by atoms with E-state index in [9.17, 15) is 4.79 Å². The van der Waals surface area contributed by atoms with E-state index in [2.05, 4.69) is 21.0 Å². The van der Waals surface area contributed by atoms with Gasteiger partial charge in [0.05, 0.1) is 22.8 Å². The molecule has 0 unspecified atom stereocenters. The van der Waals surface area contributed by atoms with E-state index < -0.39 is 0 Å². The van der Waals surface area contributed by atoms with Crippen LogP contribution in [0.4, 0.5) is 0 Å². The summed E-state index contributed by atoms with van der Waals surface area (Å²) in [6, 6.07) is 0. The number of rotatable bonds is 2. The molecule has 0 aliphatic rings. The van der Waals surface area contributed by atoms with E-state index in [1.165, 1.54) is 17.5 Å². The summed E-state index contributed by atoms with van der Waals surface area (Å²) in [7, 11) is 0. The van der Waals surface area contributed by atoms with Gasteiger partial charge in [-0.25, -0.2) is 9.31 Å². The van der Waals surface area contributed by atoms with E-state index in [0.717, 1.165) is 8.62 Å². The molecule has 0 aliphatic carbocycles. The summed E-state index contributed by atoms with van der Waals surface area (Å²) in [5, 5.41) is 4.04. The maximum absolute atomic E-state index is 11.4. The van der Waals surface area contributed by atoms with Gasteiger partial charge in [0.25, 0.3) is 0 Å². The van der Waals surface area contributed by atoms with Crippen molar-refractivity contribution in [2.45, 2.75) is 6.92 Å². The predicted molar refractivity (Wildman–Crippen MR) is 56.7 cm³/mol. The molecule has 0 N–H and O–H groups in total. The third-order valence-corrected chi connectivity index (χ3v) is 3.25. The highest BCUT2D eigenvalue weighted by molar-refractivity contribution is 9.11. The average molecular weight is 275 g/mol. The fourth-order valence-corrected chi connectivity index (χ4v) is 2.54. The Balaban J connectivity index is 2.46. The molecule has 0 fully saturated rings. The van der Waals surface area contributed by atoms with Gasteiger partial charge in [-0.1, -0.05) is 0 Å². The molecular formula is C8H7BrN2O2S. The minimum absolute atomic E-state index is 0.322. The molecule has 0 aromatic carbocycles. The smallest absolute Gasteiger partial charge is 0.342 e. The van der Waals surface area contributed by atoms with Gasteiger partial charge in [-0.05, 0) is 22.9 Å². The second kappa shape index (κ2) is 3.70. The van der Waals surface area contributed by atoms with Crippen LogP contribution >= 0.6 is 27.3 Å². The topological polar surface area (TPSA) is 43.6 Å². The SMILES string of the molecule is CCOC(=O)c1cnn2cc(Br)sc12. The fourth-order valence-electron chi connectivity index (χ4n) is 1.11. The number of hydrogen-bond donors (Lipinski definition) is 0. The number of nitrogens with zero attached hydrogens (tertiary/aromatic N) is 2. The first kappa shape index (κ1) is 9.67. The van der Waals surface area contributed by atoms with Crippen molar-refractivity contribution in [3.05, 3.63) is 21.7 Å². The standard InChI is InChI=1S/C8H7BrN2O2S/c1-2-13-8(12)5-3-10-11-4-6(9)14-7(5)11/h3-4H,2H2,1H3. The minimum atomic E-state index is -0.322. The van der Waals surface area contributed by atoms with Crippen molar-refractivity contribution in [2.75, 3.05) is 6.61 Å². The lowest BCUT2D eigenvalue weighted by atomic mass is 10.4. The fraction of sp³-hybridized carbons (Fsp3) is 0.250. The molecule has 74 valence electrons. The van der Waals surface area contributed by atoms with Crippen LogP contribution in [0.3, 0.4) is 0 Å². The first-order valence-corrected chi connectivity index (χ1v) is 5.63. The number of carbonyl (C=O) groups is 1. The Hall–Kier alpha value is -0.880.